The smallest absolute Gasteiger partial charge is 0.237 e. The summed E-state index contributed by atoms with van der Waals surface area (Å²) >= 11 is 0. The van der Waals surface area contributed by atoms with E-state index in [4.69, 9.17) is 0 Å². The summed E-state index contributed by atoms with van der Waals surface area (Å²) in [6.07, 6.45) is 3.02. The first-order valence-electron chi connectivity index (χ1n) is 9.45. The number of hydrogen-bond donors (Lipinski definition) is 1. The highest BCUT2D eigenvalue weighted by Gasteiger charge is 2.29. The second-order valence-electron chi connectivity index (χ2n) is 7.88. The highest BCUT2D eigenvalue weighted by atomic mass is 16.3. The summed E-state index contributed by atoms with van der Waals surface area (Å²) in [6, 6.07) is 0.676. The number of hydrogen-bond acceptors (Lipinski definition) is 5. The number of likely N-dealkylation sites (tertiary alicyclic amines) is 1. The molecule has 0 bridgehead atoms. The summed E-state index contributed by atoms with van der Waals surface area (Å²) in [5.41, 5.74) is 0. The van der Waals surface area contributed by atoms with E-state index in [1.165, 1.54) is 6.42 Å². The van der Waals surface area contributed by atoms with Crippen molar-refractivity contribution in [3.8, 4) is 0 Å². The lowest BCUT2D eigenvalue weighted by atomic mass is 9.97. The van der Waals surface area contributed by atoms with Crippen LogP contribution in [0, 0.1) is 0 Å². The number of carbonyl (C=O) groups is 1. The minimum atomic E-state index is -0.401. The van der Waals surface area contributed by atoms with Gasteiger partial charge in [-0.2, -0.15) is 0 Å². The van der Waals surface area contributed by atoms with Crippen LogP contribution in [0.15, 0.2) is 0 Å². The van der Waals surface area contributed by atoms with E-state index in [2.05, 4.69) is 30.7 Å². The van der Waals surface area contributed by atoms with Crippen molar-refractivity contribution in [1.29, 1.82) is 0 Å². The molecule has 2 aliphatic rings. The van der Waals surface area contributed by atoms with Crippen LogP contribution in [0.1, 0.15) is 33.1 Å². The molecule has 3 unspecified atom stereocenters. The van der Waals surface area contributed by atoms with Crippen LogP contribution in [0.25, 0.3) is 0 Å². The van der Waals surface area contributed by atoms with Crippen LogP contribution < -0.4 is 0 Å². The first-order valence-corrected chi connectivity index (χ1v) is 9.45. The molecule has 0 aliphatic carbocycles. The summed E-state index contributed by atoms with van der Waals surface area (Å²) in [7, 11) is 4.07. The van der Waals surface area contributed by atoms with Gasteiger partial charge in [-0.15, -0.1) is 0 Å². The molecule has 2 fully saturated rings. The van der Waals surface area contributed by atoms with E-state index in [0.29, 0.717) is 31.7 Å². The Morgan fingerprint density at radius 1 is 1.17 bits per heavy atom. The number of piperazine rings is 1. The molecule has 0 saturated carbocycles. The van der Waals surface area contributed by atoms with Crippen molar-refractivity contribution in [2.24, 2.45) is 0 Å². The van der Waals surface area contributed by atoms with E-state index in [-0.39, 0.29) is 5.91 Å². The summed E-state index contributed by atoms with van der Waals surface area (Å²) < 4.78 is 0. The molecule has 140 valence electrons. The first-order chi connectivity index (χ1) is 11.4. The molecular weight excluding hydrogens is 304 g/mol. The molecule has 0 spiro atoms. The van der Waals surface area contributed by atoms with Gasteiger partial charge >= 0.3 is 0 Å². The second kappa shape index (κ2) is 9.13. The van der Waals surface area contributed by atoms with Gasteiger partial charge in [-0.05, 0) is 47.2 Å². The molecule has 1 N–H and O–H groups in total. The van der Waals surface area contributed by atoms with Crippen molar-refractivity contribution < 1.29 is 9.90 Å². The van der Waals surface area contributed by atoms with Crippen molar-refractivity contribution in [2.45, 2.75) is 51.3 Å². The van der Waals surface area contributed by atoms with Crippen molar-refractivity contribution in [3.05, 3.63) is 0 Å². The third-order valence-electron chi connectivity index (χ3n) is 5.47. The van der Waals surface area contributed by atoms with Gasteiger partial charge in [-0.1, -0.05) is 0 Å². The van der Waals surface area contributed by atoms with Crippen molar-refractivity contribution in [2.75, 3.05) is 59.9 Å². The Labute approximate surface area is 147 Å². The lowest BCUT2D eigenvalue weighted by Gasteiger charge is -2.40. The molecule has 1 amide bonds. The zero-order chi connectivity index (χ0) is 17.7. The van der Waals surface area contributed by atoms with Crippen LogP contribution in [-0.4, -0.2) is 109 Å². The van der Waals surface area contributed by atoms with Gasteiger partial charge in [0.05, 0.1) is 12.6 Å². The predicted molar refractivity (Wildman–Crippen MR) is 97.1 cm³/mol. The lowest BCUT2D eigenvalue weighted by Crippen LogP contribution is -2.52. The third kappa shape index (κ3) is 5.69. The minimum Gasteiger partial charge on any atom is -0.390 e. The zero-order valence-electron chi connectivity index (χ0n) is 15.9. The lowest BCUT2D eigenvalue weighted by molar-refractivity contribution is -0.138. The highest BCUT2D eigenvalue weighted by molar-refractivity contribution is 5.79. The van der Waals surface area contributed by atoms with Crippen molar-refractivity contribution in [1.82, 2.24) is 19.6 Å². The monoisotopic (exact) mass is 340 g/mol. The van der Waals surface area contributed by atoms with Crippen LogP contribution in [0.3, 0.4) is 0 Å². The largest absolute Gasteiger partial charge is 0.390 e. The number of amides is 1. The average molecular weight is 341 g/mol. The number of nitrogens with zero attached hydrogens (tertiary/aromatic N) is 4. The van der Waals surface area contributed by atoms with Crippen LogP contribution in [-0.2, 0) is 4.79 Å². The zero-order valence-corrected chi connectivity index (χ0v) is 15.9. The van der Waals surface area contributed by atoms with Gasteiger partial charge in [0.2, 0.25) is 5.91 Å². The molecule has 0 aromatic rings. The SMILES string of the molecule is CC1CCCC(C)N1C(=O)CN(C)CC(O)CN1CCN(C)CC1. The van der Waals surface area contributed by atoms with Gasteiger partial charge < -0.3 is 14.9 Å². The Hall–Kier alpha value is -0.690. The van der Waals surface area contributed by atoms with Gasteiger partial charge in [0.25, 0.3) is 0 Å². The fourth-order valence-corrected chi connectivity index (χ4v) is 4.04. The van der Waals surface area contributed by atoms with Crippen molar-refractivity contribution in [3.63, 3.8) is 0 Å². The quantitative estimate of drug-likeness (QED) is 0.754. The van der Waals surface area contributed by atoms with E-state index in [1.807, 2.05) is 16.8 Å². The van der Waals surface area contributed by atoms with Gasteiger partial charge in [0.1, 0.15) is 0 Å². The molecule has 0 aromatic heterocycles. The summed E-state index contributed by atoms with van der Waals surface area (Å²) in [6.45, 7) is 10.1. The fourth-order valence-electron chi connectivity index (χ4n) is 4.04. The third-order valence-corrected chi connectivity index (χ3v) is 5.47. The number of carbonyl (C=O) groups excluding carboxylic acids is 1. The van der Waals surface area contributed by atoms with E-state index < -0.39 is 6.10 Å². The molecule has 24 heavy (non-hydrogen) atoms. The maximum Gasteiger partial charge on any atom is 0.237 e. The summed E-state index contributed by atoms with van der Waals surface area (Å²) in [4.78, 5) is 21.3. The Balaban J connectivity index is 1.73. The Morgan fingerprint density at radius 3 is 2.33 bits per heavy atom. The standard InChI is InChI=1S/C18H36N4O2/c1-15-6-5-7-16(2)22(15)18(24)14-20(4)12-17(23)13-21-10-8-19(3)9-11-21/h15-17,23H,5-14H2,1-4H3. The Morgan fingerprint density at radius 2 is 1.75 bits per heavy atom. The molecule has 0 radical (unpaired) electrons. The van der Waals surface area contributed by atoms with Crippen LogP contribution in [0.5, 0.6) is 0 Å². The molecule has 6 nitrogen and oxygen atoms in total. The number of aliphatic hydroxyl groups excluding tert-OH is 1. The number of piperidine rings is 1. The molecule has 2 saturated heterocycles. The Kier molecular flexibility index (Phi) is 7.47. The van der Waals surface area contributed by atoms with E-state index in [1.54, 1.807) is 0 Å². The number of aliphatic hydroxyl groups is 1. The van der Waals surface area contributed by atoms with Gasteiger partial charge in [0.15, 0.2) is 0 Å². The van der Waals surface area contributed by atoms with Crippen LogP contribution in [0.2, 0.25) is 0 Å². The number of β-amino-alcohol motifs (C(OH)–C–C–N with tert-alkyl or cyclic N) is 1. The van der Waals surface area contributed by atoms with Crippen LogP contribution >= 0.6 is 0 Å². The van der Waals surface area contributed by atoms with Gasteiger partial charge in [-0.3, -0.25) is 14.6 Å². The molecular formula is C18H36N4O2. The fraction of sp³-hybridized carbons (Fsp3) is 0.944. The second-order valence-corrected chi connectivity index (χ2v) is 7.88. The molecule has 0 aromatic carbocycles. The van der Waals surface area contributed by atoms with E-state index >= 15 is 0 Å². The number of likely N-dealkylation sites (N-methyl/N-ethyl adjacent to an activating group) is 2. The predicted octanol–water partition coefficient (Wildman–Crippen LogP) is 0.316. The molecule has 2 aliphatic heterocycles. The van der Waals surface area contributed by atoms with Gasteiger partial charge in [0, 0.05) is 51.4 Å². The average Bonchev–Trinajstić information content (AvgIpc) is 2.49. The molecule has 2 rings (SSSR count). The minimum absolute atomic E-state index is 0.198. The maximum absolute atomic E-state index is 12.6. The maximum atomic E-state index is 12.6. The topological polar surface area (TPSA) is 50.3 Å². The normalized spacial score (nSPS) is 28.3. The van der Waals surface area contributed by atoms with Crippen LogP contribution in [0.4, 0.5) is 0 Å². The van der Waals surface area contributed by atoms with E-state index in [9.17, 15) is 9.90 Å². The summed E-state index contributed by atoms with van der Waals surface area (Å²) in [5, 5.41) is 10.3. The first kappa shape index (κ1) is 19.6. The molecule has 2 heterocycles. The number of rotatable bonds is 6. The highest BCUT2D eigenvalue weighted by Crippen LogP contribution is 2.22. The van der Waals surface area contributed by atoms with E-state index in [0.717, 1.165) is 39.0 Å². The molecule has 3 atom stereocenters. The van der Waals surface area contributed by atoms with Gasteiger partial charge in [-0.25, -0.2) is 0 Å². The van der Waals surface area contributed by atoms with Crippen molar-refractivity contribution >= 4 is 5.91 Å². The molecule has 6 heteroatoms. The summed E-state index contributed by atoms with van der Waals surface area (Å²) in [5.74, 6) is 0.198. The Bertz CT molecular complexity index is 388.